The van der Waals surface area contributed by atoms with Crippen LogP contribution in [-0.4, -0.2) is 6.04 Å². The summed E-state index contributed by atoms with van der Waals surface area (Å²) >= 11 is 0. The van der Waals surface area contributed by atoms with Crippen molar-refractivity contribution in [1.82, 2.24) is 0 Å². The molecule has 11 aromatic carbocycles. The maximum atomic E-state index is 2.47. The summed E-state index contributed by atoms with van der Waals surface area (Å²) in [7, 11) is 0. The average Bonchev–Trinajstić information content (AvgIpc) is 3.43. The Morgan fingerprint density at radius 2 is 0.543 bits per heavy atom. The van der Waals surface area contributed by atoms with Crippen molar-refractivity contribution >= 4 is 94.9 Å². The van der Waals surface area contributed by atoms with E-state index >= 15 is 0 Å². The molecule has 0 aliphatic heterocycles. The Labute approximate surface area is 410 Å². The van der Waals surface area contributed by atoms with Crippen LogP contribution in [0.3, 0.4) is 0 Å². The van der Waals surface area contributed by atoms with Crippen LogP contribution < -0.4 is 19.6 Å². The highest BCUT2D eigenvalue weighted by Crippen LogP contribution is 2.43. The van der Waals surface area contributed by atoms with Gasteiger partial charge < -0.3 is 19.6 Å². The topological polar surface area (TPSA) is 13.0 Å². The van der Waals surface area contributed by atoms with Crippen LogP contribution in [-0.2, 0) is 0 Å². The monoisotopic (exact) mass is 898 g/mol. The van der Waals surface area contributed by atoms with Crippen LogP contribution in [0.25, 0.3) is 32.3 Å². The first-order valence-electron chi connectivity index (χ1n) is 24.1. The summed E-state index contributed by atoms with van der Waals surface area (Å²) in [5, 5.41) is 7.32. The van der Waals surface area contributed by atoms with Crippen molar-refractivity contribution in [3.63, 3.8) is 0 Å². The summed E-state index contributed by atoms with van der Waals surface area (Å²) in [6.45, 7) is 0. The second kappa shape index (κ2) is 18.9. The molecule has 0 N–H and O–H groups in total. The van der Waals surface area contributed by atoms with Gasteiger partial charge >= 0.3 is 0 Å². The zero-order chi connectivity index (χ0) is 46.6. The predicted molar refractivity (Wildman–Crippen MR) is 298 cm³/mol. The molecular formula is C66H50N4. The van der Waals surface area contributed by atoms with Gasteiger partial charge in [-0.3, -0.25) is 0 Å². The fraction of sp³-hybridized carbons (Fsp3) is 0.0303. The number of nitrogens with zero attached hydrogens (tertiary/aromatic N) is 4. The van der Waals surface area contributed by atoms with E-state index < -0.39 is 0 Å². The molecule has 0 radical (unpaired) electrons. The molecule has 0 aromatic heterocycles. The number of anilines is 11. The van der Waals surface area contributed by atoms with Crippen LogP contribution in [0.4, 0.5) is 62.6 Å². The lowest BCUT2D eigenvalue weighted by Crippen LogP contribution is -2.29. The van der Waals surface area contributed by atoms with Crippen molar-refractivity contribution < 1.29 is 0 Å². The van der Waals surface area contributed by atoms with Crippen molar-refractivity contribution in [2.75, 3.05) is 19.6 Å². The average molecular weight is 899 g/mol. The Bertz CT molecular complexity index is 3470. The third-order valence-corrected chi connectivity index (χ3v) is 13.4. The van der Waals surface area contributed by atoms with Gasteiger partial charge in [0.1, 0.15) is 0 Å². The van der Waals surface area contributed by atoms with E-state index in [0.717, 1.165) is 63.3 Å². The third kappa shape index (κ3) is 8.44. The molecule has 70 heavy (non-hydrogen) atoms. The van der Waals surface area contributed by atoms with Crippen molar-refractivity contribution in [1.29, 1.82) is 0 Å². The van der Waals surface area contributed by atoms with Gasteiger partial charge in [-0.25, -0.2) is 0 Å². The van der Waals surface area contributed by atoms with Crippen molar-refractivity contribution in [3.8, 4) is 0 Å². The molecule has 1 aliphatic carbocycles. The Morgan fingerprint density at radius 3 is 0.929 bits per heavy atom. The predicted octanol–water partition coefficient (Wildman–Crippen LogP) is 18.6. The molecule has 0 amide bonds. The number of hydrogen-bond donors (Lipinski definition) is 0. The van der Waals surface area contributed by atoms with Gasteiger partial charge in [0.2, 0.25) is 0 Å². The lowest BCUT2D eigenvalue weighted by molar-refractivity contribution is 0.785. The van der Waals surface area contributed by atoms with E-state index in [2.05, 4.69) is 305 Å². The van der Waals surface area contributed by atoms with Crippen molar-refractivity contribution in [2.45, 2.75) is 12.5 Å². The third-order valence-electron chi connectivity index (χ3n) is 13.4. The van der Waals surface area contributed by atoms with Gasteiger partial charge in [0, 0.05) is 62.6 Å². The molecule has 11 aromatic rings. The van der Waals surface area contributed by atoms with Crippen molar-refractivity contribution in [3.05, 3.63) is 285 Å². The lowest BCUT2D eigenvalue weighted by Gasteiger charge is -2.33. The summed E-state index contributed by atoms with van der Waals surface area (Å²) in [6.07, 6.45) is 9.82. The quantitative estimate of drug-likeness (QED) is 0.121. The Kier molecular flexibility index (Phi) is 11.4. The minimum absolute atomic E-state index is 0.179. The van der Waals surface area contributed by atoms with Crippen LogP contribution in [0, 0.1) is 0 Å². The number of hydrogen-bond acceptors (Lipinski definition) is 4. The maximum absolute atomic E-state index is 2.47. The molecule has 334 valence electrons. The number of rotatable bonds is 12. The normalized spacial score (nSPS) is 13.1. The smallest absolute Gasteiger partial charge is 0.0559 e. The molecule has 0 bridgehead atoms. The van der Waals surface area contributed by atoms with Crippen LogP contribution in [0.15, 0.2) is 285 Å². The Morgan fingerprint density at radius 1 is 0.243 bits per heavy atom. The van der Waals surface area contributed by atoms with E-state index in [1.54, 1.807) is 0 Å². The fourth-order valence-electron chi connectivity index (χ4n) is 10.0. The van der Waals surface area contributed by atoms with Gasteiger partial charge in [0.25, 0.3) is 0 Å². The van der Waals surface area contributed by atoms with Gasteiger partial charge in [-0.05, 0) is 172 Å². The zero-order valence-electron chi connectivity index (χ0n) is 38.7. The first-order chi connectivity index (χ1) is 34.7. The summed E-state index contributed by atoms with van der Waals surface area (Å²) < 4.78 is 0. The molecule has 0 spiro atoms. The fourth-order valence-corrected chi connectivity index (χ4v) is 10.0. The first kappa shape index (κ1) is 42.2. The molecule has 0 heterocycles. The highest BCUT2D eigenvalue weighted by Gasteiger charge is 2.22. The van der Waals surface area contributed by atoms with Crippen LogP contribution in [0.1, 0.15) is 6.42 Å². The van der Waals surface area contributed by atoms with Gasteiger partial charge in [-0.15, -0.1) is 0 Å². The minimum Gasteiger partial charge on any atom is -0.334 e. The van der Waals surface area contributed by atoms with E-state index in [0.29, 0.717) is 0 Å². The first-order valence-corrected chi connectivity index (χ1v) is 24.1. The molecule has 1 atom stereocenters. The minimum atomic E-state index is 0.179. The summed E-state index contributed by atoms with van der Waals surface area (Å²) in [5.41, 5.74) is 12.0. The van der Waals surface area contributed by atoms with E-state index in [1.807, 2.05) is 0 Å². The van der Waals surface area contributed by atoms with Crippen LogP contribution >= 0.6 is 0 Å². The van der Waals surface area contributed by atoms with E-state index in [4.69, 9.17) is 0 Å². The molecule has 4 nitrogen and oxygen atoms in total. The lowest BCUT2D eigenvalue weighted by atomic mass is 10.0. The Balaban J connectivity index is 0.955. The van der Waals surface area contributed by atoms with Crippen molar-refractivity contribution in [2.24, 2.45) is 0 Å². The van der Waals surface area contributed by atoms with E-state index in [1.165, 1.54) is 38.0 Å². The number of benzene rings is 11. The van der Waals surface area contributed by atoms with Gasteiger partial charge in [0.15, 0.2) is 0 Å². The molecule has 12 rings (SSSR count). The highest BCUT2D eigenvalue weighted by atomic mass is 15.2. The number of para-hydroxylation sites is 2. The standard InChI is InChI=1S/C66H50N4/c1-4-22-55(23-5-1)68(64-31-28-49-16-10-13-19-52(49)46-64)61-40-34-58(35-41-61)67(59-36-42-62(43-37-59)69(56-24-6-2-7-25-56)65-32-29-50-17-11-14-20-53(50)47-65)60-38-44-63(45-39-60)70(57-26-8-3-9-27-57)66-33-30-51-18-12-15-21-54(51)48-66/h1-26,28-48,57H,27H2. The second-order valence-corrected chi connectivity index (χ2v) is 17.8. The highest BCUT2D eigenvalue weighted by molar-refractivity contribution is 5.92. The molecule has 1 unspecified atom stereocenters. The second-order valence-electron chi connectivity index (χ2n) is 17.8. The maximum Gasteiger partial charge on any atom is 0.0559 e. The van der Waals surface area contributed by atoms with Gasteiger partial charge in [-0.1, -0.05) is 152 Å². The van der Waals surface area contributed by atoms with Gasteiger partial charge in [0.05, 0.1) is 6.04 Å². The summed E-state index contributed by atoms with van der Waals surface area (Å²) in [5.74, 6) is 0. The summed E-state index contributed by atoms with van der Waals surface area (Å²) in [4.78, 5) is 9.52. The van der Waals surface area contributed by atoms with E-state index in [9.17, 15) is 0 Å². The molecular weight excluding hydrogens is 849 g/mol. The zero-order valence-corrected chi connectivity index (χ0v) is 38.7. The van der Waals surface area contributed by atoms with Gasteiger partial charge in [-0.2, -0.15) is 0 Å². The Hall–Kier alpha value is -9.12. The van der Waals surface area contributed by atoms with Crippen LogP contribution in [0.5, 0.6) is 0 Å². The number of fused-ring (bicyclic) bond motifs is 3. The number of allylic oxidation sites excluding steroid dienone is 2. The molecule has 0 fully saturated rings. The largest absolute Gasteiger partial charge is 0.334 e. The van der Waals surface area contributed by atoms with E-state index in [-0.39, 0.29) is 6.04 Å². The SMILES string of the molecule is C1=CCC(N(c2ccc(N(c3ccc(N(c4ccccc4)c4ccc5ccccc5c4)cc3)c3ccc(N(c4ccccc4)c4ccc5ccccc5c4)cc3)cc2)c2ccc3ccccc3c2)C=C1. The molecule has 0 saturated carbocycles. The summed E-state index contributed by atoms with van der Waals surface area (Å²) in [6, 6.07) is 94.5. The molecule has 4 heteroatoms. The van der Waals surface area contributed by atoms with Crippen LogP contribution in [0.2, 0.25) is 0 Å². The molecule has 1 aliphatic rings. The molecule has 0 saturated heterocycles.